The summed E-state index contributed by atoms with van der Waals surface area (Å²) in [5.74, 6) is -0.183. The fourth-order valence-corrected chi connectivity index (χ4v) is 4.44. The van der Waals surface area contributed by atoms with Crippen molar-refractivity contribution in [2.24, 2.45) is 0 Å². The van der Waals surface area contributed by atoms with Crippen molar-refractivity contribution < 1.29 is 9.59 Å². The number of nitrogens with zero attached hydrogens (tertiary/aromatic N) is 2. The van der Waals surface area contributed by atoms with Crippen molar-refractivity contribution in [3.05, 3.63) is 39.4 Å². The van der Waals surface area contributed by atoms with Crippen LogP contribution in [0.25, 0.3) is 0 Å². The molecule has 0 atom stereocenters. The molecule has 5 nitrogen and oxygen atoms in total. The molecular formula is C17H16ClN3O2S. The van der Waals surface area contributed by atoms with E-state index in [0.29, 0.717) is 34.4 Å². The van der Waals surface area contributed by atoms with Crippen molar-refractivity contribution in [3.63, 3.8) is 0 Å². The molecule has 1 aromatic heterocycles. The van der Waals surface area contributed by atoms with Crippen LogP contribution in [-0.2, 0) is 17.6 Å². The maximum Gasteiger partial charge on any atom is 0.257 e. The lowest BCUT2D eigenvalue weighted by Gasteiger charge is -2.18. The van der Waals surface area contributed by atoms with E-state index in [-0.39, 0.29) is 11.8 Å². The third-order valence-electron chi connectivity index (χ3n) is 4.39. The summed E-state index contributed by atoms with van der Waals surface area (Å²) in [7, 11) is 0. The van der Waals surface area contributed by atoms with E-state index in [9.17, 15) is 9.59 Å². The third kappa shape index (κ3) is 2.80. The summed E-state index contributed by atoms with van der Waals surface area (Å²) in [6.07, 6.45) is 4.52. The van der Waals surface area contributed by atoms with Gasteiger partial charge in [0, 0.05) is 23.4 Å². The lowest BCUT2D eigenvalue weighted by molar-refractivity contribution is -0.117. The maximum atomic E-state index is 12.5. The maximum absolute atomic E-state index is 12.5. The number of halogens is 1. The highest BCUT2D eigenvalue weighted by Crippen LogP contribution is 2.32. The first kappa shape index (κ1) is 15.6. The van der Waals surface area contributed by atoms with Crippen LogP contribution in [-0.4, -0.2) is 23.3 Å². The lowest BCUT2D eigenvalue weighted by Crippen LogP contribution is -2.24. The number of hydrogen-bond acceptors (Lipinski definition) is 4. The van der Waals surface area contributed by atoms with Crippen LogP contribution in [0.15, 0.2) is 18.2 Å². The van der Waals surface area contributed by atoms with Gasteiger partial charge in [-0.05, 0) is 43.9 Å². The van der Waals surface area contributed by atoms with Gasteiger partial charge in [0.1, 0.15) is 0 Å². The van der Waals surface area contributed by atoms with Crippen LogP contribution in [0.4, 0.5) is 10.8 Å². The summed E-state index contributed by atoms with van der Waals surface area (Å²) in [5, 5.41) is 3.98. The first-order chi connectivity index (χ1) is 11.6. The Hall–Kier alpha value is -1.92. The normalized spacial score (nSPS) is 16.5. The molecule has 1 aliphatic heterocycles. The van der Waals surface area contributed by atoms with E-state index >= 15 is 0 Å². The van der Waals surface area contributed by atoms with Gasteiger partial charge in [-0.2, -0.15) is 0 Å². The fourth-order valence-electron chi connectivity index (χ4n) is 3.18. The second-order valence-corrected chi connectivity index (χ2v) is 7.50. The van der Waals surface area contributed by atoms with Gasteiger partial charge in [0.05, 0.1) is 16.4 Å². The molecule has 1 aromatic carbocycles. The Morgan fingerprint density at radius 2 is 2.12 bits per heavy atom. The molecule has 1 aliphatic carbocycles. The van der Waals surface area contributed by atoms with Gasteiger partial charge in [-0.15, -0.1) is 11.3 Å². The second kappa shape index (κ2) is 6.18. The number of carbonyl (C=O) groups excluding carboxylic acids is 2. The molecule has 0 bridgehead atoms. The number of anilines is 2. The molecule has 1 saturated heterocycles. The molecule has 0 spiro atoms. The van der Waals surface area contributed by atoms with Crippen molar-refractivity contribution in [1.29, 1.82) is 0 Å². The number of fused-ring (bicyclic) bond motifs is 1. The van der Waals surface area contributed by atoms with E-state index in [4.69, 9.17) is 11.6 Å². The predicted molar refractivity (Wildman–Crippen MR) is 95.1 cm³/mol. The minimum absolute atomic E-state index is 0.0470. The molecule has 2 amide bonds. The Morgan fingerprint density at radius 1 is 1.25 bits per heavy atom. The molecule has 2 heterocycles. The summed E-state index contributed by atoms with van der Waals surface area (Å²) in [4.78, 5) is 31.8. The van der Waals surface area contributed by atoms with Crippen LogP contribution in [0.1, 0.15) is 40.2 Å². The summed E-state index contributed by atoms with van der Waals surface area (Å²) in [5.41, 5.74) is 2.19. The van der Waals surface area contributed by atoms with E-state index in [2.05, 4.69) is 10.3 Å². The van der Waals surface area contributed by atoms with E-state index < -0.39 is 0 Å². The molecule has 2 aromatic rings. The molecule has 2 aliphatic rings. The number of hydrogen-bond donors (Lipinski definition) is 1. The van der Waals surface area contributed by atoms with Crippen molar-refractivity contribution in [2.75, 3.05) is 16.8 Å². The van der Waals surface area contributed by atoms with Gasteiger partial charge >= 0.3 is 0 Å². The van der Waals surface area contributed by atoms with Crippen molar-refractivity contribution in [3.8, 4) is 0 Å². The Labute approximate surface area is 148 Å². The first-order valence-corrected chi connectivity index (χ1v) is 9.21. The highest BCUT2D eigenvalue weighted by Gasteiger charge is 2.25. The zero-order valence-electron chi connectivity index (χ0n) is 13.0. The monoisotopic (exact) mass is 361 g/mol. The van der Waals surface area contributed by atoms with Crippen molar-refractivity contribution in [2.45, 2.75) is 32.1 Å². The topological polar surface area (TPSA) is 62.3 Å². The molecule has 0 saturated carbocycles. The SMILES string of the molecule is O=C(Nc1nc2c(s1)CCC2)c1ccc(Cl)c(N2CCCC2=O)c1. The minimum atomic E-state index is -0.230. The van der Waals surface area contributed by atoms with Gasteiger partial charge < -0.3 is 4.90 Å². The number of benzene rings is 1. The zero-order valence-corrected chi connectivity index (χ0v) is 14.5. The summed E-state index contributed by atoms with van der Waals surface area (Å²) >= 11 is 7.77. The van der Waals surface area contributed by atoms with Gasteiger partial charge in [-0.3, -0.25) is 14.9 Å². The van der Waals surface area contributed by atoms with Gasteiger partial charge in [0.15, 0.2) is 5.13 Å². The number of carbonyl (C=O) groups is 2. The predicted octanol–water partition coefficient (Wildman–Crippen LogP) is 3.66. The number of amides is 2. The van der Waals surface area contributed by atoms with Gasteiger partial charge in [-0.25, -0.2) is 4.98 Å². The van der Waals surface area contributed by atoms with Gasteiger partial charge in [0.25, 0.3) is 5.91 Å². The Balaban J connectivity index is 1.56. The first-order valence-electron chi connectivity index (χ1n) is 8.01. The zero-order chi connectivity index (χ0) is 16.7. The number of rotatable bonds is 3. The number of thiazole rings is 1. The lowest BCUT2D eigenvalue weighted by atomic mass is 10.1. The van der Waals surface area contributed by atoms with E-state index in [1.54, 1.807) is 34.4 Å². The van der Waals surface area contributed by atoms with Crippen LogP contribution in [0, 0.1) is 0 Å². The largest absolute Gasteiger partial charge is 0.311 e. The molecule has 24 heavy (non-hydrogen) atoms. The van der Waals surface area contributed by atoms with E-state index in [1.165, 1.54) is 4.88 Å². The number of aromatic nitrogens is 1. The minimum Gasteiger partial charge on any atom is -0.311 e. The quantitative estimate of drug-likeness (QED) is 0.907. The molecule has 1 fully saturated rings. The Morgan fingerprint density at radius 3 is 2.88 bits per heavy atom. The van der Waals surface area contributed by atoms with Crippen LogP contribution in [0.5, 0.6) is 0 Å². The average molecular weight is 362 g/mol. The molecule has 0 radical (unpaired) electrons. The Kier molecular flexibility index (Phi) is 4.02. The van der Waals surface area contributed by atoms with Gasteiger partial charge in [-0.1, -0.05) is 11.6 Å². The van der Waals surface area contributed by atoms with Crippen LogP contribution in [0.2, 0.25) is 5.02 Å². The van der Waals surface area contributed by atoms with Crippen LogP contribution >= 0.6 is 22.9 Å². The molecule has 4 rings (SSSR count). The van der Waals surface area contributed by atoms with E-state index in [0.717, 1.165) is 31.4 Å². The van der Waals surface area contributed by atoms with Crippen molar-refractivity contribution in [1.82, 2.24) is 4.98 Å². The number of aryl methyl sites for hydroxylation is 2. The number of nitrogens with one attached hydrogen (secondary N) is 1. The van der Waals surface area contributed by atoms with Crippen LogP contribution in [0.3, 0.4) is 0 Å². The average Bonchev–Trinajstić information content (AvgIpc) is 3.24. The summed E-state index contributed by atoms with van der Waals surface area (Å²) in [6.45, 7) is 0.642. The van der Waals surface area contributed by atoms with E-state index in [1.807, 2.05) is 0 Å². The highest BCUT2D eigenvalue weighted by atomic mass is 35.5. The standard InChI is InChI=1S/C17H16ClN3O2S/c18-11-7-6-10(9-13(11)21-8-2-5-15(21)22)16(23)20-17-19-12-3-1-4-14(12)24-17/h6-7,9H,1-5,8H2,(H,19,20,23). The molecule has 7 heteroatoms. The molecule has 124 valence electrons. The van der Waals surface area contributed by atoms with Crippen LogP contribution < -0.4 is 10.2 Å². The second-order valence-electron chi connectivity index (χ2n) is 6.01. The smallest absolute Gasteiger partial charge is 0.257 e. The Bertz CT molecular complexity index is 812. The third-order valence-corrected chi connectivity index (χ3v) is 5.78. The summed E-state index contributed by atoms with van der Waals surface area (Å²) < 4.78 is 0. The van der Waals surface area contributed by atoms with Crippen molar-refractivity contribution >= 4 is 45.6 Å². The molecule has 1 N–H and O–H groups in total. The fraction of sp³-hybridized carbons (Fsp3) is 0.353. The molecule has 0 unspecified atom stereocenters. The highest BCUT2D eigenvalue weighted by molar-refractivity contribution is 7.16. The van der Waals surface area contributed by atoms with Gasteiger partial charge in [0.2, 0.25) is 5.91 Å². The molecular weight excluding hydrogens is 346 g/mol. The summed E-state index contributed by atoms with van der Waals surface area (Å²) in [6, 6.07) is 5.02.